The normalized spacial score (nSPS) is 22.1. The first-order valence-electron chi connectivity index (χ1n) is 5.49. The van der Waals surface area contributed by atoms with Gasteiger partial charge in [-0.15, -0.1) is 0 Å². The van der Waals surface area contributed by atoms with Gasteiger partial charge in [0.05, 0.1) is 6.20 Å². The lowest BCUT2D eigenvalue weighted by Gasteiger charge is -2.07. The van der Waals surface area contributed by atoms with Gasteiger partial charge in [-0.25, -0.2) is 0 Å². The summed E-state index contributed by atoms with van der Waals surface area (Å²) in [6.45, 7) is 7.80. The highest BCUT2D eigenvalue weighted by molar-refractivity contribution is 5.08. The van der Waals surface area contributed by atoms with Crippen LogP contribution in [0.2, 0.25) is 0 Å². The summed E-state index contributed by atoms with van der Waals surface area (Å²) >= 11 is 0. The molecular formula is C11H19N3. The Hall–Kier alpha value is -0.830. The van der Waals surface area contributed by atoms with Gasteiger partial charge in [0.1, 0.15) is 0 Å². The minimum Gasteiger partial charge on any atom is -0.316 e. The van der Waals surface area contributed by atoms with Crippen LogP contribution in [0.25, 0.3) is 0 Å². The van der Waals surface area contributed by atoms with Gasteiger partial charge in [0.15, 0.2) is 0 Å². The molecule has 1 atom stereocenters. The topological polar surface area (TPSA) is 29.9 Å². The Labute approximate surface area is 85.5 Å². The molecule has 2 heterocycles. The second kappa shape index (κ2) is 4.13. The van der Waals surface area contributed by atoms with Gasteiger partial charge >= 0.3 is 0 Å². The lowest BCUT2D eigenvalue weighted by molar-refractivity contribution is 0.449. The fraction of sp³-hybridized carbons (Fsp3) is 0.727. The van der Waals surface area contributed by atoms with Gasteiger partial charge < -0.3 is 5.32 Å². The third kappa shape index (κ3) is 2.15. The predicted octanol–water partition coefficient (Wildman–Crippen LogP) is 1.62. The smallest absolute Gasteiger partial charge is 0.0524 e. The van der Waals surface area contributed by atoms with Crippen molar-refractivity contribution in [2.45, 2.75) is 32.7 Å². The molecule has 1 aromatic heterocycles. The van der Waals surface area contributed by atoms with Gasteiger partial charge in [-0.3, -0.25) is 4.68 Å². The van der Waals surface area contributed by atoms with Crippen molar-refractivity contribution in [3.05, 3.63) is 18.0 Å². The minimum absolute atomic E-state index is 0.588. The van der Waals surface area contributed by atoms with Gasteiger partial charge in [0, 0.05) is 12.7 Å². The van der Waals surface area contributed by atoms with Crippen molar-refractivity contribution in [2.24, 2.45) is 5.92 Å². The summed E-state index contributed by atoms with van der Waals surface area (Å²) in [4.78, 5) is 0. The molecule has 0 bridgehead atoms. The Morgan fingerprint density at radius 3 is 3.07 bits per heavy atom. The molecule has 0 aromatic carbocycles. The van der Waals surface area contributed by atoms with E-state index in [1.54, 1.807) is 0 Å². The molecule has 0 amide bonds. The van der Waals surface area contributed by atoms with Crippen LogP contribution in [0.3, 0.4) is 0 Å². The van der Waals surface area contributed by atoms with Crippen LogP contribution < -0.4 is 5.32 Å². The highest BCUT2D eigenvalue weighted by Gasteiger charge is 2.15. The second-order valence-electron chi connectivity index (χ2n) is 4.51. The molecule has 2 rings (SSSR count). The standard InChI is InChI=1S/C11H19N3/c1-9(2)11-6-13-14(8-11)7-10-3-4-12-5-10/h6,8-10,12H,3-5,7H2,1-2H3. The quantitative estimate of drug-likeness (QED) is 0.790. The molecule has 0 radical (unpaired) electrons. The largest absolute Gasteiger partial charge is 0.316 e. The summed E-state index contributed by atoms with van der Waals surface area (Å²) in [6.07, 6.45) is 5.47. The lowest BCUT2D eigenvalue weighted by Crippen LogP contribution is -2.14. The Morgan fingerprint density at radius 1 is 1.64 bits per heavy atom. The van der Waals surface area contributed by atoms with Crippen molar-refractivity contribution < 1.29 is 0 Å². The lowest BCUT2D eigenvalue weighted by atomic mass is 10.1. The molecule has 78 valence electrons. The molecule has 1 N–H and O–H groups in total. The molecule has 3 heteroatoms. The average Bonchev–Trinajstić information content (AvgIpc) is 2.75. The van der Waals surface area contributed by atoms with E-state index in [-0.39, 0.29) is 0 Å². The molecule has 0 aliphatic carbocycles. The summed E-state index contributed by atoms with van der Waals surface area (Å²) in [5, 5.41) is 7.77. The first kappa shape index (κ1) is 9.71. The van der Waals surface area contributed by atoms with Gasteiger partial charge in [-0.1, -0.05) is 13.8 Å². The van der Waals surface area contributed by atoms with Crippen molar-refractivity contribution in [1.82, 2.24) is 15.1 Å². The maximum atomic E-state index is 4.39. The molecular weight excluding hydrogens is 174 g/mol. The van der Waals surface area contributed by atoms with Gasteiger partial charge in [0.25, 0.3) is 0 Å². The molecule has 0 saturated carbocycles. The monoisotopic (exact) mass is 193 g/mol. The van der Waals surface area contributed by atoms with Crippen LogP contribution in [-0.4, -0.2) is 22.9 Å². The fourth-order valence-corrected chi connectivity index (χ4v) is 1.91. The Kier molecular flexibility index (Phi) is 2.87. The summed E-state index contributed by atoms with van der Waals surface area (Å²) in [7, 11) is 0. The van der Waals surface area contributed by atoms with E-state index >= 15 is 0 Å². The molecule has 1 aliphatic rings. The molecule has 1 aliphatic heterocycles. The van der Waals surface area contributed by atoms with Gasteiger partial charge in [-0.05, 0) is 36.9 Å². The second-order valence-corrected chi connectivity index (χ2v) is 4.51. The van der Waals surface area contributed by atoms with Crippen molar-refractivity contribution in [3.63, 3.8) is 0 Å². The van der Waals surface area contributed by atoms with E-state index in [0.29, 0.717) is 5.92 Å². The van der Waals surface area contributed by atoms with Crippen LogP contribution >= 0.6 is 0 Å². The molecule has 1 aromatic rings. The van der Waals surface area contributed by atoms with Crippen molar-refractivity contribution in [2.75, 3.05) is 13.1 Å². The van der Waals surface area contributed by atoms with E-state index in [4.69, 9.17) is 0 Å². The van der Waals surface area contributed by atoms with E-state index in [0.717, 1.165) is 19.0 Å². The predicted molar refractivity (Wildman–Crippen MR) is 57.3 cm³/mol. The van der Waals surface area contributed by atoms with Gasteiger partial charge in [0.2, 0.25) is 0 Å². The maximum absolute atomic E-state index is 4.39. The number of aromatic nitrogens is 2. The molecule has 1 saturated heterocycles. The van der Waals surface area contributed by atoms with Crippen molar-refractivity contribution in [3.8, 4) is 0 Å². The fourth-order valence-electron chi connectivity index (χ4n) is 1.91. The third-order valence-corrected chi connectivity index (χ3v) is 2.93. The van der Waals surface area contributed by atoms with Crippen LogP contribution in [0.5, 0.6) is 0 Å². The molecule has 0 spiro atoms. The first-order chi connectivity index (χ1) is 6.75. The van der Waals surface area contributed by atoms with E-state index in [1.165, 1.54) is 18.5 Å². The van der Waals surface area contributed by atoms with Crippen molar-refractivity contribution >= 4 is 0 Å². The van der Waals surface area contributed by atoms with Crippen LogP contribution in [0.1, 0.15) is 31.7 Å². The zero-order valence-electron chi connectivity index (χ0n) is 9.03. The van der Waals surface area contributed by atoms with E-state index in [1.807, 2.05) is 6.20 Å². The number of hydrogen-bond acceptors (Lipinski definition) is 2. The Bertz CT molecular complexity index is 284. The van der Waals surface area contributed by atoms with Crippen LogP contribution in [0.15, 0.2) is 12.4 Å². The zero-order valence-corrected chi connectivity index (χ0v) is 9.03. The van der Waals surface area contributed by atoms with Crippen LogP contribution in [-0.2, 0) is 6.54 Å². The highest BCUT2D eigenvalue weighted by atomic mass is 15.3. The van der Waals surface area contributed by atoms with Crippen LogP contribution in [0.4, 0.5) is 0 Å². The zero-order chi connectivity index (χ0) is 9.97. The van der Waals surface area contributed by atoms with Crippen LogP contribution in [0, 0.1) is 5.92 Å². The third-order valence-electron chi connectivity index (χ3n) is 2.93. The highest BCUT2D eigenvalue weighted by Crippen LogP contribution is 2.15. The number of nitrogens with zero attached hydrogens (tertiary/aromatic N) is 2. The SMILES string of the molecule is CC(C)c1cnn(CC2CCNC2)c1. The van der Waals surface area contributed by atoms with Crippen molar-refractivity contribution in [1.29, 1.82) is 0 Å². The van der Waals surface area contributed by atoms with Gasteiger partial charge in [-0.2, -0.15) is 5.10 Å². The molecule has 1 fully saturated rings. The Morgan fingerprint density at radius 2 is 2.50 bits per heavy atom. The number of rotatable bonds is 3. The maximum Gasteiger partial charge on any atom is 0.0524 e. The summed E-state index contributed by atoms with van der Waals surface area (Å²) in [6, 6.07) is 0. The molecule has 1 unspecified atom stereocenters. The molecule has 14 heavy (non-hydrogen) atoms. The molecule has 3 nitrogen and oxygen atoms in total. The van der Waals surface area contributed by atoms with E-state index in [2.05, 4.69) is 35.1 Å². The number of nitrogens with one attached hydrogen (secondary N) is 1. The first-order valence-corrected chi connectivity index (χ1v) is 5.49. The Balaban J connectivity index is 1.95. The average molecular weight is 193 g/mol. The summed E-state index contributed by atoms with van der Waals surface area (Å²) in [5.41, 5.74) is 1.34. The summed E-state index contributed by atoms with van der Waals surface area (Å²) < 4.78 is 2.09. The minimum atomic E-state index is 0.588. The van der Waals surface area contributed by atoms with E-state index < -0.39 is 0 Å². The van der Waals surface area contributed by atoms with E-state index in [9.17, 15) is 0 Å². The number of hydrogen-bond donors (Lipinski definition) is 1. The summed E-state index contributed by atoms with van der Waals surface area (Å²) in [5.74, 6) is 1.36.